The van der Waals surface area contributed by atoms with Gasteiger partial charge in [-0.3, -0.25) is 9.59 Å². The fourth-order valence-corrected chi connectivity index (χ4v) is 13.5. The summed E-state index contributed by atoms with van der Waals surface area (Å²) < 4.78 is 5.50. The lowest BCUT2D eigenvalue weighted by Crippen LogP contribution is -2.45. The molecule has 0 saturated carbocycles. The summed E-state index contributed by atoms with van der Waals surface area (Å²) in [6.45, 7) is 4.96. The van der Waals surface area contributed by atoms with E-state index in [0.29, 0.717) is 19.4 Å². The third kappa shape index (κ3) is 77.1. The number of rotatable bonds is 80. The zero-order valence-corrected chi connectivity index (χ0v) is 62.6. The zero-order valence-electron chi connectivity index (χ0n) is 62.6. The van der Waals surface area contributed by atoms with Crippen LogP contribution in [0.5, 0.6) is 0 Å². The molecular formula is C86H165NO5. The monoisotopic (exact) mass is 1290 g/mol. The molecule has 0 aromatic heterocycles. The van der Waals surface area contributed by atoms with E-state index >= 15 is 0 Å². The number of ether oxygens (including phenoxy) is 1. The second kappa shape index (κ2) is 81.5. The van der Waals surface area contributed by atoms with E-state index in [1.807, 2.05) is 6.08 Å². The molecule has 3 N–H and O–H groups in total. The number of aliphatic hydroxyl groups is 2. The van der Waals surface area contributed by atoms with Crippen molar-refractivity contribution < 1.29 is 24.5 Å². The van der Waals surface area contributed by atoms with Gasteiger partial charge in [-0.05, 0) is 64.2 Å². The second-order valence-corrected chi connectivity index (χ2v) is 29.2. The summed E-state index contributed by atoms with van der Waals surface area (Å²) in [5.74, 6) is -0.0372. The van der Waals surface area contributed by atoms with E-state index < -0.39 is 12.1 Å². The van der Waals surface area contributed by atoms with Crippen LogP contribution in [0.25, 0.3) is 0 Å². The topological polar surface area (TPSA) is 95.9 Å². The predicted octanol–water partition coefficient (Wildman–Crippen LogP) is 28.2. The van der Waals surface area contributed by atoms with Crippen LogP contribution in [-0.2, 0) is 14.3 Å². The lowest BCUT2D eigenvalue weighted by molar-refractivity contribution is -0.143. The van der Waals surface area contributed by atoms with Crippen LogP contribution >= 0.6 is 0 Å². The number of aliphatic hydroxyl groups excluding tert-OH is 2. The van der Waals surface area contributed by atoms with E-state index in [-0.39, 0.29) is 18.5 Å². The highest BCUT2D eigenvalue weighted by Crippen LogP contribution is 2.20. The average molecular weight is 1290 g/mol. The molecule has 0 heterocycles. The van der Waals surface area contributed by atoms with Crippen molar-refractivity contribution in [3.05, 3.63) is 36.5 Å². The van der Waals surface area contributed by atoms with Crippen LogP contribution in [0.1, 0.15) is 476 Å². The van der Waals surface area contributed by atoms with Gasteiger partial charge in [-0.1, -0.05) is 436 Å². The molecule has 0 radical (unpaired) electrons. The molecule has 2 atom stereocenters. The molecule has 1 amide bonds. The molecule has 0 aliphatic rings. The molecule has 2 unspecified atom stereocenters. The van der Waals surface area contributed by atoms with Gasteiger partial charge in [0.05, 0.1) is 25.4 Å². The Morgan fingerprint density at radius 2 is 0.543 bits per heavy atom. The Hall–Kier alpha value is -1.92. The van der Waals surface area contributed by atoms with Crippen molar-refractivity contribution in [1.29, 1.82) is 0 Å². The molecule has 0 rings (SSSR count). The van der Waals surface area contributed by atoms with Gasteiger partial charge >= 0.3 is 5.97 Å². The normalized spacial score (nSPS) is 12.6. The van der Waals surface area contributed by atoms with E-state index in [2.05, 4.69) is 43.5 Å². The number of hydrogen-bond donors (Lipinski definition) is 3. The first kappa shape index (κ1) is 90.1. The van der Waals surface area contributed by atoms with Gasteiger partial charge in [-0.25, -0.2) is 0 Å². The molecule has 0 aliphatic heterocycles. The predicted molar refractivity (Wildman–Crippen MR) is 407 cm³/mol. The Morgan fingerprint density at radius 1 is 0.304 bits per heavy atom. The zero-order chi connectivity index (χ0) is 66.3. The summed E-state index contributed by atoms with van der Waals surface area (Å²) in [4.78, 5) is 24.6. The first-order chi connectivity index (χ1) is 45.5. The number of esters is 1. The quantitative estimate of drug-likeness (QED) is 0.0320. The number of carbonyl (C=O) groups is 2. The molecule has 0 fully saturated rings. The van der Waals surface area contributed by atoms with Gasteiger partial charge in [0.2, 0.25) is 5.91 Å². The van der Waals surface area contributed by atoms with Crippen LogP contribution < -0.4 is 5.32 Å². The molecule has 0 bridgehead atoms. The van der Waals surface area contributed by atoms with E-state index in [1.54, 1.807) is 6.08 Å². The summed E-state index contributed by atoms with van der Waals surface area (Å²) in [5.41, 5.74) is 0. The maximum atomic E-state index is 12.6. The van der Waals surface area contributed by atoms with E-state index in [4.69, 9.17) is 4.74 Å². The van der Waals surface area contributed by atoms with E-state index in [1.165, 1.54) is 405 Å². The number of carbonyl (C=O) groups excluding carboxylic acids is 2. The van der Waals surface area contributed by atoms with Crippen LogP contribution in [0.2, 0.25) is 0 Å². The molecular weight excluding hydrogens is 1130 g/mol. The lowest BCUT2D eigenvalue weighted by Gasteiger charge is -2.20. The van der Waals surface area contributed by atoms with Crippen LogP contribution in [0.4, 0.5) is 0 Å². The van der Waals surface area contributed by atoms with Crippen molar-refractivity contribution in [2.75, 3.05) is 13.2 Å². The highest BCUT2D eigenvalue weighted by molar-refractivity contribution is 5.76. The molecule has 0 spiro atoms. The molecule has 544 valence electrons. The van der Waals surface area contributed by atoms with Gasteiger partial charge in [-0.15, -0.1) is 0 Å². The van der Waals surface area contributed by atoms with Crippen LogP contribution in [-0.4, -0.2) is 47.4 Å². The average Bonchev–Trinajstić information content (AvgIpc) is 3.62. The highest BCUT2D eigenvalue weighted by atomic mass is 16.5. The number of amides is 1. The maximum Gasteiger partial charge on any atom is 0.305 e. The van der Waals surface area contributed by atoms with Crippen molar-refractivity contribution in [1.82, 2.24) is 5.32 Å². The minimum atomic E-state index is -0.844. The molecule has 6 nitrogen and oxygen atoms in total. The summed E-state index contributed by atoms with van der Waals surface area (Å²) in [6, 6.07) is -0.627. The third-order valence-electron chi connectivity index (χ3n) is 19.9. The Kier molecular flexibility index (Phi) is 79.8. The van der Waals surface area contributed by atoms with Gasteiger partial charge in [0.15, 0.2) is 0 Å². The van der Waals surface area contributed by atoms with Gasteiger partial charge in [0, 0.05) is 12.8 Å². The maximum absolute atomic E-state index is 12.6. The second-order valence-electron chi connectivity index (χ2n) is 29.2. The summed E-state index contributed by atoms with van der Waals surface area (Å²) in [6.07, 6.45) is 107. The van der Waals surface area contributed by atoms with Crippen LogP contribution in [0.3, 0.4) is 0 Å². The van der Waals surface area contributed by atoms with Crippen molar-refractivity contribution >= 4 is 11.9 Å². The molecule has 0 aliphatic carbocycles. The van der Waals surface area contributed by atoms with Crippen LogP contribution in [0, 0.1) is 0 Å². The van der Waals surface area contributed by atoms with Crippen LogP contribution in [0.15, 0.2) is 36.5 Å². The Morgan fingerprint density at radius 3 is 0.826 bits per heavy atom. The SMILES string of the molecule is CCCCCCCCCCCCCCCCCCCCCCC/C=C/C(O)C(CO)NC(=O)CCCCCCCCCCCCCCCCCCC/C=C\C/C=C\CCCCCCCCCCCCCCCCCOC(=O)CCCCCCCCCCCCCCC. The fraction of sp³-hybridized carbons (Fsp3) is 0.907. The first-order valence-corrected chi connectivity index (χ1v) is 42.3. The number of allylic oxidation sites excluding steroid dienone is 5. The summed E-state index contributed by atoms with van der Waals surface area (Å²) >= 11 is 0. The fourth-order valence-electron chi connectivity index (χ4n) is 13.5. The number of hydrogen-bond acceptors (Lipinski definition) is 5. The highest BCUT2D eigenvalue weighted by Gasteiger charge is 2.18. The van der Waals surface area contributed by atoms with Crippen molar-refractivity contribution in [3.8, 4) is 0 Å². The van der Waals surface area contributed by atoms with E-state index in [9.17, 15) is 19.8 Å². The van der Waals surface area contributed by atoms with Gasteiger partial charge < -0.3 is 20.3 Å². The van der Waals surface area contributed by atoms with Crippen molar-refractivity contribution in [2.45, 2.75) is 488 Å². The largest absolute Gasteiger partial charge is 0.466 e. The summed E-state index contributed by atoms with van der Waals surface area (Å²) in [7, 11) is 0. The Labute approximate surface area is 576 Å². The van der Waals surface area contributed by atoms with Gasteiger partial charge in [0.25, 0.3) is 0 Å². The minimum Gasteiger partial charge on any atom is -0.466 e. The van der Waals surface area contributed by atoms with E-state index in [0.717, 1.165) is 44.9 Å². The number of nitrogens with one attached hydrogen (secondary N) is 1. The first-order valence-electron chi connectivity index (χ1n) is 42.3. The molecule has 92 heavy (non-hydrogen) atoms. The molecule has 0 aromatic carbocycles. The lowest BCUT2D eigenvalue weighted by atomic mass is 10.0. The number of unbranched alkanes of at least 4 members (excludes halogenated alkanes) is 65. The van der Waals surface area contributed by atoms with Crippen molar-refractivity contribution in [3.63, 3.8) is 0 Å². The standard InChI is InChI=1S/C86H165NO5/c1-3-5-7-9-11-13-15-17-18-19-20-21-39-42-45-48-51-55-58-62-66-70-74-78-84(89)83(82-88)87-85(90)79-75-71-67-63-59-56-52-49-46-43-40-37-35-33-31-29-27-25-23-22-24-26-28-30-32-34-36-38-41-44-47-50-53-57-61-65-69-73-77-81-92-86(91)80-76-72-68-64-60-54-16-14-12-10-8-6-4-2/h22-23,26,28,74,78,83-84,88-89H,3-21,24-25,27,29-73,75-77,79-82H2,1-2H3,(H,87,90)/b23-22-,28-26-,78-74+. The third-order valence-corrected chi connectivity index (χ3v) is 19.9. The summed E-state index contributed by atoms with van der Waals surface area (Å²) in [5, 5.41) is 23.3. The molecule has 6 heteroatoms. The molecule has 0 aromatic rings. The molecule has 0 saturated heterocycles. The Balaban J connectivity index is 3.37. The van der Waals surface area contributed by atoms with Gasteiger partial charge in [-0.2, -0.15) is 0 Å². The smallest absolute Gasteiger partial charge is 0.305 e. The van der Waals surface area contributed by atoms with Crippen molar-refractivity contribution in [2.24, 2.45) is 0 Å². The minimum absolute atomic E-state index is 0.0225. The van der Waals surface area contributed by atoms with Gasteiger partial charge in [0.1, 0.15) is 0 Å². The Bertz CT molecular complexity index is 1490.